The fraction of sp³-hybridized carbons (Fsp3) is 0.438. The second-order valence-corrected chi connectivity index (χ2v) is 5.77. The Morgan fingerprint density at radius 3 is 2.65 bits per heavy atom. The molecule has 1 fully saturated rings. The molecule has 7 heteroatoms. The van der Waals surface area contributed by atoms with Crippen LogP contribution in [0.3, 0.4) is 0 Å². The van der Waals surface area contributed by atoms with Gasteiger partial charge in [-0.2, -0.15) is 5.10 Å². The predicted molar refractivity (Wildman–Crippen MR) is 102 cm³/mol. The molecule has 1 aromatic heterocycles. The number of nitrogens with two attached hydrogens (primary N) is 1. The maximum atomic E-state index is 6.12. The molecule has 2 heterocycles. The number of hydrogen-bond donors (Lipinski definition) is 1. The van der Waals surface area contributed by atoms with Gasteiger partial charge in [-0.3, -0.25) is 0 Å². The molecule has 2 aromatic rings. The molecule has 0 atom stereocenters. The number of rotatable bonds is 3. The summed E-state index contributed by atoms with van der Waals surface area (Å²) >= 11 is 0. The number of halogens is 1. The molecule has 124 valence electrons. The van der Waals surface area contributed by atoms with Crippen molar-refractivity contribution < 1.29 is 0 Å². The number of aromatic nitrogens is 3. The Labute approximate surface area is 153 Å². The van der Waals surface area contributed by atoms with Crippen molar-refractivity contribution in [3.05, 3.63) is 42.5 Å². The van der Waals surface area contributed by atoms with Crippen molar-refractivity contribution in [3.8, 4) is 5.69 Å². The van der Waals surface area contributed by atoms with E-state index in [1.54, 1.807) is 11.0 Å². The lowest BCUT2D eigenvalue weighted by Crippen LogP contribution is -2.42. The Kier molecular flexibility index (Phi) is 6.37. The summed E-state index contributed by atoms with van der Waals surface area (Å²) in [5.74, 6) is 2.18. The third-order valence-corrected chi connectivity index (χ3v) is 4.11. The molecular weight excluding hydrogens is 403 g/mol. The van der Waals surface area contributed by atoms with Gasteiger partial charge in [0, 0.05) is 13.1 Å². The lowest BCUT2D eigenvalue weighted by molar-refractivity contribution is 0.277. The van der Waals surface area contributed by atoms with E-state index in [-0.39, 0.29) is 24.0 Å². The Morgan fingerprint density at radius 2 is 1.96 bits per heavy atom. The van der Waals surface area contributed by atoms with Crippen molar-refractivity contribution in [3.63, 3.8) is 0 Å². The number of nitrogens with zero attached hydrogens (tertiary/aromatic N) is 5. The van der Waals surface area contributed by atoms with Gasteiger partial charge >= 0.3 is 0 Å². The van der Waals surface area contributed by atoms with E-state index in [1.807, 2.05) is 30.3 Å². The van der Waals surface area contributed by atoms with E-state index in [9.17, 15) is 0 Å². The maximum absolute atomic E-state index is 6.12. The average molecular weight is 426 g/mol. The van der Waals surface area contributed by atoms with Crippen LogP contribution >= 0.6 is 24.0 Å². The molecule has 1 aliphatic rings. The largest absolute Gasteiger partial charge is 0.370 e. The van der Waals surface area contributed by atoms with Crippen LogP contribution in [0.15, 0.2) is 41.7 Å². The van der Waals surface area contributed by atoms with Crippen LogP contribution in [-0.2, 0) is 6.54 Å². The first kappa shape index (κ1) is 17.7. The van der Waals surface area contributed by atoms with E-state index in [1.165, 1.54) is 12.8 Å². The molecule has 1 saturated heterocycles. The second kappa shape index (κ2) is 8.28. The minimum atomic E-state index is 0. The predicted octanol–water partition coefficient (Wildman–Crippen LogP) is 2.43. The van der Waals surface area contributed by atoms with Crippen molar-refractivity contribution in [1.82, 2.24) is 19.7 Å². The smallest absolute Gasteiger partial charge is 0.191 e. The van der Waals surface area contributed by atoms with Gasteiger partial charge in [0.2, 0.25) is 0 Å². The molecule has 0 aliphatic carbocycles. The first-order valence-electron chi connectivity index (χ1n) is 7.73. The van der Waals surface area contributed by atoms with Crippen molar-refractivity contribution in [2.45, 2.75) is 26.3 Å². The summed E-state index contributed by atoms with van der Waals surface area (Å²) in [6.45, 7) is 4.70. The molecular formula is C16H23IN6. The summed E-state index contributed by atoms with van der Waals surface area (Å²) < 4.78 is 1.80. The van der Waals surface area contributed by atoms with Crippen molar-refractivity contribution in [1.29, 1.82) is 0 Å². The summed E-state index contributed by atoms with van der Waals surface area (Å²) in [6.07, 6.45) is 3.91. The van der Waals surface area contributed by atoms with Gasteiger partial charge in [-0.05, 0) is 30.9 Å². The Hall–Kier alpha value is -1.64. The van der Waals surface area contributed by atoms with Crippen LogP contribution in [0.1, 0.15) is 25.6 Å². The second-order valence-electron chi connectivity index (χ2n) is 5.77. The van der Waals surface area contributed by atoms with E-state index >= 15 is 0 Å². The van der Waals surface area contributed by atoms with Gasteiger partial charge in [-0.25, -0.2) is 14.7 Å². The standard InChI is InChI=1S/C16H22N6.HI/c1-13-7-9-21(10-8-13)16(17)18-11-15-19-12-20-22(15)14-5-3-2-4-6-14;/h2-6,12-13H,7-11H2,1H3,(H2,17,18);1H. The number of benzene rings is 1. The Balaban J connectivity index is 0.00000192. The van der Waals surface area contributed by atoms with Gasteiger partial charge < -0.3 is 10.6 Å². The maximum Gasteiger partial charge on any atom is 0.191 e. The molecule has 0 amide bonds. The van der Waals surface area contributed by atoms with E-state index in [2.05, 4.69) is 26.9 Å². The Bertz CT molecular complexity index is 631. The highest BCUT2D eigenvalue weighted by atomic mass is 127. The van der Waals surface area contributed by atoms with Gasteiger partial charge in [0.15, 0.2) is 11.8 Å². The number of guanidine groups is 1. The summed E-state index contributed by atoms with van der Waals surface area (Å²) in [6, 6.07) is 9.93. The number of hydrogen-bond acceptors (Lipinski definition) is 3. The minimum absolute atomic E-state index is 0. The molecule has 0 saturated carbocycles. The van der Waals surface area contributed by atoms with E-state index < -0.39 is 0 Å². The lowest BCUT2D eigenvalue weighted by Gasteiger charge is -2.30. The van der Waals surface area contributed by atoms with Gasteiger partial charge in [0.25, 0.3) is 0 Å². The number of piperidine rings is 1. The number of para-hydroxylation sites is 1. The van der Waals surface area contributed by atoms with Crippen LogP contribution in [0.4, 0.5) is 0 Å². The molecule has 6 nitrogen and oxygen atoms in total. The van der Waals surface area contributed by atoms with Gasteiger partial charge in [-0.1, -0.05) is 25.1 Å². The lowest BCUT2D eigenvalue weighted by atomic mass is 10.00. The normalized spacial score (nSPS) is 16.2. The van der Waals surface area contributed by atoms with Crippen molar-refractivity contribution in [2.75, 3.05) is 13.1 Å². The zero-order chi connectivity index (χ0) is 15.4. The highest BCUT2D eigenvalue weighted by molar-refractivity contribution is 14.0. The third-order valence-electron chi connectivity index (χ3n) is 4.11. The number of aliphatic imine (C=N–C) groups is 1. The summed E-state index contributed by atoms with van der Waals surface area (Å²) in [5.41, 5.74) is 7.10. The zero-order valence-electron chi connectivity index (χ0n) is 13.3. The van der Waals surface area contributed by atoms with E-state index in [0.717, 1.165) is 30.5 Å². The van der Waals surface area contributed by atoms with Crippen LogP contribution in [-0.4, -0.2) is 38.7 Å². The summed E-state index contributed by atoms with van der Waals surface area (Å²) in [7, 11) is 0. The molecule has 0 unspecified atom stereocenters. The average Bonchev–Trinajstić information content (AvgIpc) is 3.02. The first-order chi connectivity index (χ1) is 10.7. The molecule has 0 spiro atoms. The minimum Gasteiger partial charge on any atom is -0.370 e. The SMILES string of the molecule is CC1CCN(C(N)=NCc2ncnn2-c2ccccc2)CC1.I. The number of likely N-dealkylation sites (tertiary alicyclic amines) is 1. The first-order valence-corrected chi connectivity index (χ1v) is 7.73. The molecule has 3 rings (SSSR count). The van der Waals surface area contributed by atoms with Gasteiger partial charge in [0.05, 0.1) is 5.69 Å². The third kappa shape index (κ3) is 4.43. The zero-order valence-corrected chi connectivity index (χ0v) is 15.6. The topological polar surface area (TPSA) is 72.3 Å². The fourth-order valence-corrected chi connectivity index (χ4v) is 2.65. The molecule has 2 N–H and O–H groups in total. The molecule has 1 aliphatic heterocycles. The molecule has 0 radical (unpaired) electrons. The van der Waals surface area contributed by atoms with Crippen molar-refractivity contribution in [2.24, 2.45) is 16.6 Å². The van der Waals surface area contributed by atoms with Crippen LogP contribution in [0, 0.1) is 5.92 Å². The van der Waals surface area contributed by atoms with Crippen LogP contribution in [0.5, 0.6) is 0 Å². The van der Waals surface area contributed by atoms with Crippen LogP contribution in [0.2, 0.25) is 0 Å². The monoisotopic (exact) mass is 426 g/mol. The summed E-state index contributed by atoms with van der Waals surface area (Å²) in [4.78, 5) is 10.9. The van der Waals surface area contributed by atoms with Gasteiger partial charge in [0.1, 0.15) is 12.9 Å². The quantitative estimate of drug-likeness (QED) is 0.465. The fourth-order valence-electron chi connectivity index (χ4n) is 2.65. The van der Waals surface area contributed by atoms with Crippen LogP contribution in [0.25, 0.3) is 5.69 Å². The highest BCUT2D eigenvalue weighted by Gasteiger charge is 2.17. The molecule has 1 aromatic carbocycles. The van der Waals surface area contributed by atoms with Crippen LogP contribution < -0.4 is 5.73 Å². The Morgan fingerprint density at radius 1 is 1.26 bits per heavy atom. The summed E-state index contributed by atoms with van der Waals surface area (Å²) in [5, 5.41) is 4.27. The van der Waals surface area contributed by atoms with E-state index in [0.29, 0.717) is 12.5 Å². The van der Waals surface area contributed by atoms with E-state index in [4.69, 9.17) is 5.73 Å². The molecule has 0 bridgehead atoms. The van der Waals surface area contributed by atoms with Gasteiger partial charge in [-0.15, -0.1) is 24.0 Å². The molecule has 23 heavy (non-hydrogen) atoms. The highest BCUT2D eigenvalue weighted by Crippen LogP contribution is 2.15. The van der Waals surface area contributed by atoms with Crippen molar-refractivity contribution >= 4 is 29.9 Å².